The molecule has 138 valence electrons. The first-order valence-electron chi connectivity index (χ1n) is 8.73. The lowest BCUT2D eigenvalue weighted by atomic mass is 9.93. The Kier molecular flexibility index (Phi) is 5.34. The highest BCUT2D eigenvalue weighted by Gasteiger charge is 2.37. The first-order chi connectivity index (χ1) is 11.9. The summed E-state index contributed by atoms with van der Waals surface area (Å²) in [5.41, 5.74) is 5.67. The van der Waals surface area contributed by atoms with E-state index in [0.717, 1.165) is 43.4 Å². The molecule has 1 unspecified atom stereocenters. The van der Waals surface area contributed by atoms with E-state index in [-0.39, 0.29) is 18.1 Å². The summed E-state index contributed by atoms with van der Waals surface area (Å²) in [4.78, 5) is 14.6. The smallest absolute Gasteiger partial charge is 0.364 e. The molecule has 1 amide bonds. The van der Waals surface area contributed by atoms with Gasteiger partial charge in [0.1, 0.15) is 6.10 Å². The molecule has 0 saturated carbocycles. The topological polar surface area (TPSA) is 55.6 Å². The summed E-state index contributed by atoms with van der Waals surface area (Å²) in [7, 11) is 0. The van der Waals surface area contributed by atoms with E-state index in [4.69, 9.17) is 10.5 Å². The van der Waals surface area contributed by atoms with Crippen molar-refractivity contribution < 1.29 is 22.7 Å². The maximum absolute atomic E-state index is 12.9. The Morgan fingerprint density at radius 2 is 1.88 bits per heavy atom. The number of halogens is 3. The average molecular weight is 356 g/mol. The number of carbonyl (C=O) groups excluding carboxylic acids is 1. The number of nitrogens with two attached hydrogens (primary N) is 1. The number of piperidine rings is 1. The lowest BCUT2D eigenvalue weighted by Crippen LogP contribution is -2.44. The fraction of sp³-hybridized carbons (Fsp3) is 0.611. The van der Waals surface area contributed by atoms with Crippen molar-refractivity contribution in [2.24, 2.45) is 5.73 Å². The standard InChI is InChI=1S/C18H23F3N2O2/c19-18(20,21)13-6-4-12(5-7-13)15-3-1-2-10-23(15)17(24)16-9-8-14(11-22)25-16/h4-7,14-16H,1-3,8-11,22H2/t14-,15?,16+/m1/s1. The van der Waals surface area contributed by atoms with Gasteiger partial charge < -0.3 is 15.4 Å². The number of amides is 1. The SMILES string of the molecule is NC[C@H]1CC[C@@H](C(=O)N2CCCCC2c2ccc(C(F)(F)F)cc2)O1. The number of benzene rings is 1. The van der Waals surface area contributed by atoms with Crippen LogP contribution in [0.25, 0.3) is 0 Å². The van der Waals surface area contributed by atoms with Crippen LogP contribution in [0.15, 0.2) is 24.3 Å². The van der Waals surface area contributed by atoms with Crippen molar-refractivity contribution in [3.63, 3.8) is 0 Å². The molecule has 0 bridgehead atoms. The summed E-state index contributed by atoms with van der Waals surface area (Å²) >= 11 is 0. The summed E-state index contributed by atoms with van der Waals surface area (Å²) in [5.74, 6) is -0.0689. The van der Waals surface area contributed by atoms with Crippen LogP contribution in [0.1, 0.15) is 49.3 Å². The molecule has 0 aromatic heterocycles. The minimum Gasteiger partial charge on any atom is -0.364 e. The fourth-order valence-electron chi connectivity index (χ4n) is 3.68. The maximum atomic E-state index is 12.9. The second-order valence-electron chi connectivity index (χ2n) is 6.72. The Morgan fingerprint density at radius 1 is 1.16 bits per heavy atom. The molecule has 2 fully saturated rings. The first kappa shape index (κ1) is 18.2. The normalized spacial score (nSPS) is 27.5. The highest BCUT2D eigenvalue weighted by atomic mass is 19.4. The minimum absolute atomic E-state index is 0.0689. The number of likely N-dealkylation sites (tertiary alicyclic amines) is 1. The van der Waals surface area contributed by atoms with Crippen molar-refractivity contribution in [2.75, 3.05) is 13.1 Å². The monoisotopic (exact) mass is 356 g/mol. The molecule has 2 heterocycles. The van der Waals surface area contributed by atoms with E-state index >= 15 is 0 Å². The van der Waals surface area contributed by atoms with Gasteiger partial charge in [-0.05, 0) is 49.8 Å². The first-order valence-corrected chi connectivity index (χ1v) is 8.73. The number of hydrogen-bond acceptors (Lipinski definition) is 3. The number of nitrogens with zero attached hydrogens (tertiary/aromatic N) is 1. The molecule has 7 heteroatoms. The minimum atomic E-state index is -4.35. The third-order valence-electron chi connectivity index (χ3n) is 5.05. The van der Waals surface area contributed by atoms with Crippen molar-refractivity contribution in [3.8, 4) is 0 Å². The van der Waals surface area contributed by atoms with Gasteiger partial charge in [0, 0.05) is 13.1 Å². The van der Waals surface area contributed by atoms with Gasteiger partial charge in [-0.1, -0.05) is 12.1 Å². The van der Waals surface area contributed by atoms with E-state index in [1.54, 1.807) is 4.90 Å². The third-order valence-corrected chi connectivity index (χ3v) is 5.05. The van der Waals surface area contributed by atoms with Gasteiger partial charge in [0.15, 0.2) is 0 Å². The summed E-state index contributed by atoms with van der Waals surface area (Å²) in [6.07, 6.45) is -0.892. The summed E-state index contributed by atoms with van der Waals surface area (Å²) in [5, 5.41) is 0. The molecular weight excluding hydrogens is 333 g/mol. The number of hydrogen-bond donors (Lipinski definition) is 1. The third kappa shape index (κ3) is 3.98. The summed E-state index contributed by atoms with van der Waals surface area (Å²) in [6, 6.07) is 4.95. The van der Waals surface area contributed by atoms with Crippen LogP contribution in [0.5, 0.6) is 0 Å². The van der Waals surface area contributed by atoms with Crippen molar-refractivity contribution >= 4 is 5.91 Å². The quantitative estimate of drug-likeness (QED) is 0.904. The Labute approximate surface area is 145 Å². The molecule has 2 aliphatic heterocycles. The summed E-state index contributed by atoms with van der Waals surface area (Å²) in [6.45, 7) is 1.00. The van der Waals surface area contributed by atoms with E-state index in [2.05, 4.69) is 0 Å². The van der Waals surface area contributed by atoms with Crippen molar-refractivity contribution in [3.05, 3.63) is 35.4 Å². The molecule has 2 saturated heterocycles. The van der Waals surface area contributed by atoms with Gasteiger partial charge in [0.2, 0.25) is 0 Å². The second kappa shape index (κ2) is 7.33. The van der Waals surface area contributed by atoms with Gasteiger partial charge in [-0.2, -0.15) is 13.2 Å². The molecule has 2 N–H and O–H groups in total. The van der Waals surface area contributed by atoms with Crippen LogP contribution in [0.2, 0.25) is 0 Å². The number of ether oxygens (including phenoxy) is 1. The van der Waals surface area contributed by atoms with E-state index < -0.39 is 17.8 Å². The Bertz CT molecular complexity index is 603. The van der Waals surface area contributed by atoms with E-state index in [1.807, 2.05) is 0 Å². The van der Waals surface area contributed by atoms with Crippen LogP contribution in [0.3, 0.4) is 0 Å². The van der Waals surface area contributed by atoms with E-state index in [0.29, 0.717) is 19.5 Å². The van der Waals surface area contributed by atoms with Gasteiger partial charge in [-0.3, -0.25) is 4.79 Å². The highest BCUT2D eigenvalue weighted by Crippen LogP contribution is 2.35. The molecule has 3 atom stereocenters. The number of rotatable bonds is 3. The Hall–Kier alpha value is -1.60. The number of alkyl halides is 3. The maximum Gasteiger partial charge on any atom is 0.416 e. The average Bonchev–Trinajstić information content (AvgIpc) is 3.10. The predicted molar refractivity (Wildman–Crippen MR) is 86.7 cm³/mol. The summed E-state index contributed by atoms with van der Waals surface area (Å²) < 4.78 is 44.0. The Morgan fingerprint density at radius 3 is 2.48 bits per heavy atom. The van der Waals surface area contributed by atoms with Gasteiger partial charge in [0.05, 0.1) is 17.7 Å². The zero-order chi connectivity index (χ0) is 18.0. The van der Waals surface area contributed by atoms with Crippen LogP contribution in [0, 0.1) is 0 Å². The van der Waals surface area contributed by atoms with Crippen LogP contribution < -0.4 is 5.73 Å². The molecule has 1 aromatic carbocycles. The molecule has 4 nitrogen and oxygen atoms in total. The molecule has 0 spiro atoms. The molecule has 2 aliphatic rings. The van der Waals surface area contributed by atoms with E-state index in [1.165, 1.54) is 12.1 Å². The predicted octanol–water partition coefficient (Wildman–Crippen LogP) is 3.27. The molecular formula is C18H23F3N2O2. The van der Waals surface area contributed by atoms with Gasteiger partial charge in [-0.25, -0.2) is 0 Å². The molecule has 0 aliphatic carbocycles. The van der Waals surface area contributed by atoms with Gasteiger partial charge >= 0.3 is 6.18 Å². The zero-order valence-electron chi connectivity index (χ0n) is 14.0. The fourth-order valence-corrected chi connectivity index (χ4v) is 3.68. The molecule has 3 rings (SSSR count). The Balaban J connectivity index is 1.76. The van der Waals surface area contributed by atoms with Gasteiger partial charge in [0.25, 0.3) is 5.91 Å². The molecule has 0 radical (unpaired) electrons. The number of carbonyl (C=O) groups is 1. The van der Waals surface area contributed by atoms with Crippen LogP contribution in [-0.4, -0.2) is 36.1 Å². The van der Waals surface area contributed by atoms with Crippen molar-refractivity contribution in [1.82, 2.24) is 4.90 Å². The van der Waals surface area contributed by atoms with Gasteiger partial charge in [-0.15, -0.1) is 0 Å². The van der Waals surface area contributed by atoms with Crippen molar-refractivity contribution in [1.29, 1.82) is 0 Å². The van der Waals surface area contributed by atoms with Crippen molar-refractivity contribution in [2.45, 2.75) is 56.5 Å². The van der Waals surface area contributed by atoms with E-state index in [9.17, 15) is 18.0 Å². The zero-order valence-corrected chi connectivity index (χ0v) is 14.0. The van der Waals surface area contributed by atoms with Crippen LogP contribution in [0.4, 0.5) is 13.2 Å². The largest absolute Gasteiger partial charge is 0.416 e. The lowest BCUT2D eigenvalue weighted by Gasteiger charge is -2.37. The second-order valence-corrected chi connectivity index (χ2v) is 6.72. The lowest BCUT2D eigenvalue weighted by molar-refractivity contribution is -0.146. The highest BCUT2D eigenvalue weighted by molar-refractivity contribution is 5.81. The van der Waals surface area contributed by atoms with Crippen LogP contribution >= 0.6 is 0 Å². The molecule has 1 aromatic rings. The molecule has 25 heavy (non-hydrogen) atoms. The van der Waals surface area contributed by atoms with Crippen LogP contribution in [-0.2, 0) is 15.7 Å².